The molecule has 8 nitrogen and oxygen atoms in total. The molecular formula is C19H31N5O3S. The number of piperazine rings is 1. The zero-order valence-corrected chi connectivity index (χ0v) is 17.4. The van der Waals surface area contributed by atoms with Gasteiger partial charge in [0.05, 0.1) is 23.7 Å². The van der Waals surface area contributed by atoms with E-state index < -0.39 is 9.84 Å². The fraction of sp³-hybridized carbons (Fsp3) is 0.632. The average molecular weight is 410 g/mol. The van der Waals surface area contributed by atoms with Crippen LogP contribution in [-0.4, -0.2) is 99.7 Å². The number of aromatic hydroxyl groups is 1. The number of anilines is 1. The van der Waals surface area contributed by atoms with Gasteiger partial charge in [-0.1, -0.05) is 12.1 Å². The summed E-state index contributed by atoms with van der Waals surface area (Å²) in [6, 6.07) is 7.45. The highest BCUT2D eigenvalue weighted by atomic mass is 32.2. The highest BCUT2D eigenvalue weighted by Gasteiger charge is 2.23. The Morgan fingerprint density at radius 3 is 2.43 bits per heavy atom. The Morgan fingerprint density at radius 2 is 1.79 bits per heavy atom. The van der Waals surface area contributed by atoms with Gasteiger partial charge in [0.15, 0.2) is 15.8 Å². The zero-order valence-electron chi connectivity index (χ0n) is 16.5. The standard InChI is InChI=1S/C19H31N5O3S/c1-2-20-19(21-7-8-22-13-15-28(26,27)16-14-22)24-11-9-23(10-12-24)17-5-3-4-6-18(17)25/h3-6,25H,2,7-16H2,1H3,(H,20,21). The monoisotopic (exact) mass is 409 g/mol. The molecule has 1 aromatic rings. The van der Waals surface area contributed by atoms with Gasteiger partial charge < -0.3 is 20.2 Å². The van der Waals surface area contributed by atoms with Crippen molar-refractivity contribution in [2.24, 2.45) is 4.99 Å². The van der Waals surface area contributed by atoms with Crippen LogP contribution in [0.4, 0.5) is 5.69 Å². The molecule has 2 aliphatic rings. The number of nitrogens with one attached hydrogen (secondary N) is 1. The van der Waals surface area contributed by atoms with Gasteiger partial charge in [0.25, 0.3) is 0 Å². The van der Waals surface area contributed by atoms with Crippen LogP contribution in [-0.2, 0) is 9.84 Å². The summed E-state index contributed by atoms with van der Waals surface area (Å²) < 4.78 is 23.1. The molecule has 0 aliphatic carbocycles. The van der Waals surface area contributed by atoms with Crippen molar-refractivity contribution in [1.82, 2.24) is 15.1 Å². The molecule has 2 heterocycles. The molecule has 2 N–H and O–H groups in total. The average Bonchev–Trinajstić information content (AvgIpc) is 2.69. The van der Waals surface area contributed by atoms with E-state index in [9.17, 15) is 13.5 Å². The topological polar surface area (TPSA) is 88.5 Å². The van der Waals surface area contributed by atoms with E-state index in [1.807, 2.05) is 18.2 Å². The van der Waals surface area contributed by atoms with Gasteiger partial charge in [-0.05, 0) is 19.1 Å². The fourth-order valence-electron chi connectivity index (χ4n) is 3.59. The maximum atomic E-state index is 11.5. The van der Waals surface area contributed by atoms with Crippen molar-refractivity contribution >= 4 is 21.5 Å². The number of phenolic OH excluding ortho intramolecular Hbond substituents is 1. The number of nitrogens with zero attached hydrogens (tertiary/aromatic N) is 4. The Hall–Kier alpha value is -2.00. The number of hydrogen-bond acceptors (Lipinski definition) is 6. The molecule has 0 bridgehead atoms. The van der Waals surface area contributed by atoms with Crippen LogP contribution in [0.2, 0.25) is 0 Å². The van der Waals surface area contributed by atoms with Gasteiger partial charge in [-0.2, -0.15) is 0 Å². The van der Waals surface area contributed by atoms with E-state index in [0.29, 0.717) is 25.4 Å². The molecule has 0 amide bonds. The molecule has 0 spiro atoms. The van der Waals surface area contributed by atoms with Gasteiger partial charge in [0.1, 0.15) is 5.75 Å². The quantitative estimate of drug-likeness (QED) is 0.531. The van der Waals surface area contributed by atoms with E-state index >= 15 is 0 Å². The molecule has 156 valence electrons. The minimum Gasteiger partial charge on any atom is -0.506 e. The third-order valence-electron chi connectivity index (χ3n) is 5.25. The van der Waals surface area contributed by atoms with Crippen molar-refractivity contribution < 1.29 is 13.5 Å². The van der Waals surface area contributed by atoms with Crippen molar-refractivity contribution in [2.45, 2.75) is 6.92 Å². The second kappa shape index (κ2) is 9.47. The van der Waals surface area contributed by atoms with Gasteiger partial charge in [0, 0.05) is 52.4 Å². The lowest BCUT2D eigenvalue weighted by atomic mass is 10.2. The fourth-order valence-corrected chi connectivity index (χ4v) is 4.86. The number of hydrogen-bond donors (Lipinski definition) is 2. The number of phenols is 1. The van der Waals surface area contributed by atoms with Gasteiger partial charge >= 0.3 is 0 Å². The molecule has 0 radical (unpaired) electrons. The number of guanidine groups is 1. The minimum absolute atomic E-state index is 0.255. The summed E-state index contributed by atoms with van der Waals surface area (Å²) in [5.74, 6) is 1.74. The Bertz CT molecular complexity index is 762. The summed E-state index contributed by atoms with van der Waals surface area (Å²) in [7, 11) is -2.83. The van der Waals surface area contributed by atoms with E-state index in [2.05, 4.69) is 26.9 Å². The van der Waals surface area contributed by atoms with E-state index in [-0.39, 0.29) is 11.5 Å². The lowest BCUT2D eigenvalue weighted by molar-refractivity contribution is 0.302. The van der Waals surface area contributed by atoms with E-state index in [0.717, 1.165) is 50.9 Å². The first-order valence-electron chi connectivity index (χ1n) is 9.97. The number of benzene rings is 1. The van der Waals surface area contributed by atoms with Crippen LogP contribution in [0.1, 0.15) is 6.92 Å². The summed E-state index contributed by atoms with van der Waals surface area (Å²) in [5, 5.41) is 13.4. The maximum Gasteiger partial charge on any atom is 0.194 e. The summed E-state index contributed by atoms with van der Waals surface area (Å²) in [6.07, 6.45) is 0. The second-order valence-electron chi connectivity index (χ2n) is 7.19. The first-order valence-corrected chi connectivity index (χ1v) is 11.8. The molecule has 2 saturated heterocycles. The van der Waals surface area contributed by atoms with Crippen LogP contribution in [0, 0.1) is 0 Å². The summed E-state index contributed by atoms with van der Waals surface area (Å²) in [6.45, 7) is 8.83. The number of aliphatic imine (C=N–C) groups is 1. The Morgan fingerprint density at radius 1 is 1.11 bits per heavy atom. The normalized spacial score (nSPS) is 21.0. The third kappa shape index (κ3) is 5.51. The summed E-state index contributed by atoms with van der Waals surface area (Å²) in [4.78, 5) is 11.4. The minimum atomic E-state index is -2.83. The molecule has 1 aromatic carbocycles. The van der Waals surface area contributed by atoms with Gasteiger partial charge in [-0.15, -0.1) is 0 Å². The maximum absolute atomic E-state index is 11.5. The molecule has 28 heavy (non-hydrogen) atoms. The van der Waals surface area contributed by atoms with Crippen molar-refractivity contribution in [3.8, 4) is 5.75 Å². The molecular weight excluding hydrogens is 378 g/mol. The van der Waals surface area contributed by atoms with Crippen LogP contribution in [0.15, 0.2) is 29.3 Å². The first-order chi connectivity index (χ1) is 13.5. The molecule has 0 atom stereocenters. The predicted molar refractivity (Wildman–Crippen MR) is 113 cm³/mol. The Kier molecular flexibility index (Phi) is 7.01. The van der Waals surface area contributed by atoms with E-state index in [1.165, 1.54) is 0 Å². The van der Waals surface area contributed by atoms with E-state index in [1.54, 1.807) is 6.07 Å². The lowest BCUT2D eigenvalue weighted by Crippen LogP contribution is -2.52. The van der Waals surface area contributed by atoms with Crippen LogP contribution in [0.5, 0.6) is 5.75 Å². The van der Waals surface area contributed by atoms with Gasteiger partial charge in [-0.25, -0.2) is 8.42 Å². The lowest BCUT2D eigenvalue weighted by Gasteiger charge is -2.38. The van der Waals surface area contributed by atoms with Crippen molar-refractivity contribution in [2.75, 3.05) is 75.3 Å². The highest BCUT2D eigenvalue weighted by Crippen LogP contribution is 2.27. The van der Waals surface area contributed by atoms with Crippen LogP contribution < -0.4 is 10.2 Å². The largest absolute Gasteiger partial charge is 0.506 e. The first kappa shape index (κ1) is 20.7. The van der Waals surface area contributed by atoms with Crippen molar-refractivity contribution in [1.29, 1.82) is 0 Å². The highest BCUT2D eigenvalue weighted by molar-refractivity contribution is 7.91. The number of sulfone groups is 1. The van der Waals surface area contributed by atoms with Crippen molar-refractivity contribution in [3.63, 3.8) is 0 Å². The Labute approximate surface area is 167 Å². The molecule has 0 aromatic heterocycles. The van der Waals surface area contributed by atoms with Crippen LogP contribution in [0.25, 0.3) is 0 Å². The van der Waals surface area contributed by atoms with E-state index in [4.69, 9.17) is 4.99 Å². The molecule has 0 saturated carbocycles. The molecule has 3 rings (SSSR count). The SMILES string of the molecule is CCNC(=NCCN1CCS(=O)(=O)CC1)N1CCN(c2ccccc2O)CC1. The van der Waals surface area contributed by atoms with Crippen molar-refractivity contribution in [3.05, 3.63) is 24.3 Å². The van der Waals surface area contributed by atoms with Crippen LogP contribution in [0.3, 0.4) is 0 Å². The molecule has 0 unspecified atom stereocenters. The molecule has 2 aliphatic heterocycles. The third-order valence-corrected chi connectivity index (χ3v) is 6.86. The van der Waals surface area contributed by atoms with Crippen LogP contribution >= 0.6 is 0 Å². The molecule has 2 fully saturated rings. The zero-order chi connectivity index (χ0) is 20.0. The molecule has 9 heteroatoms. The second-order valence-corrected chi connectivity index (χ2v) is 9.50. The number of rotatable bonds is 5. The summed E-state index contributed by atoms with van der Waals surface area (Å²) >= 11 is 0. The van der Waals surface area contributed by atoms with Gasteiger partial charge in [0.2, 0.25) is 0 Å². The number of para-hydroxylation sites is 2. The predicted octanol–water partition coefficient (Wildman–Crippen LogP) is 0.210. The summed E-state index contributed by atoms with van der Waals surface area (Å²) in [5.41, 5.74) is 0.879. The smallest absolute Gasteiger partial charge is 0.194 e. The van der Waals surface area contributed by atoms with Gasteiger partial charge in [-0.3, -0.25) is 9.89 Å². The Balaban J connectivity index is 1.51.